The fourth-order valence-electron chi connectivity index (χ4n) is 3.44. The van der Waals surface area contributed by atoms with Gasteiger partial charge in [0, 0.05) is 12.5 Å². The van der Waals surface area contributed by atoms with Crippen LogP contribution in [0.1, 0.15) is 31.7 Å². The van der Waals surface area contributed by atoms with Crippen LogP contribution in [0.15, 0.2) is 54.6 Å². The Hall–Kier alpha value is -1.65. The third kappa shape index (κ3) is 4.31. The van der Waals surface area contributed by atoms with Crippen LogP contribution in [0, 0.1) is 5.92 Å². The molecule has 1 saturated heterocycles. The number of benzene rings is 2. The van der Waals surface area contributed by atoms with Crippen molar-refractivity contribution in [3.05, 3.63) is 60.2 Å². The molecule has 0 spiro atoms. The van der Waals surface area contributed by atoms with Crippen molar-refractivity contribution in [1.29, 1.82) is 0 Å². The van der Waals surface area contributed by atoms with Crippen LogP contribution >= 0.6 is 0 Å². The van der Waals surface area contributed by atoms with Crippen molar-refractivity contribution in [3.8, 4) is 11.1 Å². The van der Waals surface area contributed by atoms with Gasteiger partial charge in [-0.2, -0.15) is 0 Å². The number of hydrogen-bond donors (Lipinski definition) is 0. The van der Waals surface area contributed by atoms with Gasteiger partial charge in [-0.3, -0.25) is 0 Å². The van der Waals surface area contributed by atoms with E-state index in [2.05, 4.69) is 36.4 Å². The van der Waals surface area contributed by atoms with Gasteiger partial charge in [0.1, 0.15) is 0 Å². The van der Waals surface area contributed by atoms with Gasteiger partial charge in [-0.25, -0.2) is 8.42 Å². The molecule has 0 unspecified atom stereocenters. The molecule has 1 aliphatic heterocycles. The van der Waals surface area contributed by atoms with Crippen molar-refractivity contribution in [2.75, 3.05) is 19.0 Å². The second-order valence-electron chi connectivity index (χ2n) is 7.10. The molecule has 1 fully saturated rings. The smallest absolute Gasteiger partial charge is 0.153 e. The van der Waals surface area contributed by atoms with E-state index in [1.54, 1.807) is 13.8 Å². The molecule has 0 amide bonds. The summed E-state index contributed by atoms with van der Waals surface area (Å²) in [5.74, 6) is 0.478. The lowest BCUT2D eigenvalue weighted by atomic mass is 9.83. The highest BCUT2D eigenvalue weighted by molar-refractivity contribution is 7.91. The van der Waals surface area contributed by atoms with Crippen molar-refractivity contribution in [3.63, 3.8) is 0 Å². The summed E-state index contributed by atoms with van der Waals surface area (Å²) in [5.41, 5.74) is 3.59. The fraction of sp³-hybridized carbons (Fsp3) is 0.429. The van der Waals surface area contributed by atoms with Gasteiger partial charge in [-0.1, -0.05) is 54.6 Å². The molecular weight excluding hydrogens is 332 g/mol. The largest absolute Gasteiger partial charge is 0.381 e. The Morgan fingerprint density at radius 3 is 2.28 bits per heavy atom. The monoisotopic (exact) mass is 358 g/mol. The summed E-state index contributed by atoms with van der Waals surface area (Å²) in [6.45, 7) is 4.73. The Morgan fingerprint density at radius 2 is 1.64 bits per heavy atom. The average Bonchev–Trinajstić information content (AvgIpc) is 2.63. The third-order valence-corrected chi connectivity index (χ3v) is 7.41. The Bertz CT molecular complexity index is 780. The van der Waals surface area contributed by atoms with Crippen molar-refractivity contribution in [2.24, 2.45) is 5.92 Å². The molecule has 4 heteroatoms. The van der Waals surface area contributed by atoms with E-state index >= 15 is 0 Å². The number of ether oxygens (including phenoxy) is 1. The number of hydrogen-bond acceptors (Lipinski definition) is 3. The van der Waals surface area contributed by atoms with Crippen molar-refractivity contribution in [1.82, 2.24) is 0 Å². The highest BCUT2D eigenvalue weighted by Crippen LogP contribution is 2.34. The second-order valence-corrected chi connectivity index (χ2v) is 9.70. The zero-order chi connectivity index (χ0) is 17.9. The molecule has 0 N–H and O–H groups in total. The standard InChI is InChI=1S/C21H26O3S/c1-16(2)25(22,23)15-20-14-24-13-12-21(20)19-10-8-18(9-11-19)17-6-4-3-5-7-17/h3-11,16,20-21H,12-15H2,1-2H3/t20-,21-/m0/s1. The van der Waals surface area contributed by atoms with E-state index in [9.17, 15) is 8.42 Å². The maximum Gasteiger partial charge on any atom is 0.153 e. The van der Waals surface area contributed by atoms with Crippen molar-refractivity contribution in [2.45, 2.75) is 31.4 Å². The van der Waals surface area contributed by atoms with Gasteiger partial charge in [-0.15, -0.1) is 0 Å². The lowest BCUT2D eigenvalue weighted by molar-refractivity contribution is 0.0483. The summed E-state index contributed by atoms with van der Waals surface area (Å²) in [7, 11) is -3.07. The van der Waals surface area contributed by atoms with Crippen LogP contribution in [0.4, 0.5) is 0 Å². The van der Waals surface area contributed by atoms with Gasteiger partial charge < -0.3 is 4.74 Å². The summed E-state index contributed by atoms with van der Waals surface area (Å²) in [6, 6.07) is 18.8. The Balaban J connectivity index is 1.81. The molecule has 0 aromatic heterocycles. The molecule has 134 valence electrons. The molecule has 1 aliphatic rings. The number of rotatable bonds is 5. The highest BCUT2D eigenvalue weighted by Gasteiger charge is 2.32. The molecule has 2 atom stereocenters. The maximum absolute atomic E-state index is 12.4. The van der Waals surface area contributed by atoms with Crippen LogP contribution in [0.5, 0.6) is 0 Å². The van der Waals surface area contributed by atoms with Gasteiger partial charge in [0.2, 0.25) is 0 Å². The molecule has 1 heterocycles. The van der Waals surface area contributed by atoms with Crippen LogP contribution < -0.4 is 0 Å². The molecule has 0 radical (unpaired) electrons. The lowest BCUT2D eigenvalue weighted by Gasteiger charge is -2.32. The summed E-state index contributed by atoms with van der Waals surface area (Å²) >= 11 is 0. The molecule has 25 heavy (non-hydrogen) atoms. The zero-order valence-electron chi connectivity index (χ0n) is 14.9. The Labute approximate surface area is 151 Å². The topological polar surface area (TPSA) is 43.4 Å². The molecule has 3 nitrogen and oxygen atoms in total. The first-order chi connectivity index (χ1) is 12.0. The van der Waals surface area contributed by atoms with E-state index in [0.29, 0.717) is 13.2 Å². The molecule has 0 aliphatic carbocycles. The fourth-order valence-corrected chi connectivity index (χ4v) is 4.75. The zero-order valence-corrected chi connectivity index (χ0v) is 15.7. The SMILES string of the molecule is CC(C)S(=O)(=O)C[C@@H]1COCC[C@H]1c1ccc(-c2ccccc2)cc1. The van der Waals surface area contributed by atoms with Crippen LogP contribution in [-0.2, 0) is 14.6 Å². The van der Waals surface area contributed by atoms with E-state index in [-0.39, 0.29) is 22.8 Å². The van der Waals surface area contributed by atoms with E-state index < -0.39 is 9.84 Å². The van der Waals surface area contributed by atoms with Gasteiger partial charge in [-0.05, 0) is 42.9 Å². The minimum absolute atomic E-state index is 0.0312. The van der Waals surface area contributed by atoms with Gasteiger partial charge in [0.15, 0.2) is 9.84 Å². The predicted octanol–water partition coefficient (Wildman–Crippen LogP) is 4.30. The summed E-state index contributed by atoms with van der Waals surface area (Å²) in [6.07, 6.45) is 0.878. The van der Waals surface area contributed by atoms with Crippen LogP contribution in [0.3, 0.4) is 0 Å². The molecule has 2 aromatic rings. The van der Waals surface area contributed by atoms with E-state index in [1.165, 1.54) is 16.7 Å². The minimum atomic E-state index is -3.07. The lowest BCUT2D eigenvalue weighted by Crippen LogP contribution is -2.34. The van der Waals surface area contributed by atoms with E-state index in [1.807, 2.05) is 18.2 Å². The van der Waals surface area contributed by atoms with Gasteiger partial charge in [0.05, 0.1) is 17.6 Å². The molecule has 3 rings (SSSR count). The molecule has 0 saturated carbocycles. The Morgan fingerprint density at radius 1 is 1.00 bits per heavy atom. The first kappa shape index (κ1) is 18.2. The van der Waals surface area contributed by atoms with E-state index in [0.717, 1.165) is 6.42 Å². The van der Waals surface area contributed by atoms with Gasteiger partial charge >= 0.3 is 0 Å². The van der Waals surface area contributed by atoms with Crippen molar-refractivity contribution < 1.29 is 13.2 Å². The average molecular weight is 359 g/mol. The maximum atomic E-state index is 12.4. The van der Waals surface area contributed by atoms with Crippen molar-refractivity contribution >= 4 is 9.84 Å². The van der Waals surface area contributed by atoms with Crippen LogP contribution in [-0.4, -0.2) is 32.6 Å². The molecule has 2 aromatic carbocycles. The summed E-state index contributed by atoms with van der Waals surface area (Å²) in [4.78, 5) is 0. The van der Waals surface area contributed by atoms with E-state index in [4.69, 9.17) is 4.74 Å². The minimum Gasteiger partial charge on any atom is -0.381 e. The highest BCUT2D eigenvalue weighted by atomic mass is 32.2. The second kappa shape index (κ2) is 7.71. The number of sulfone groups is 1. The summed E-state index contributed by atoms with van der Waals surface area (Å²) < 4.78 is 30.3. The quantitative estimate of drug-likeness (QED) is 0.800. The first-order valence-electron chi connectivity index (χ1n) is 8.92. The third-order valence-electron chi connectivity index (χ3n) is 5.08. The Kier molecular flexibility index (Phi) is 5.60. The first-order valence-corrected chi connectivity index (χ1v) is 10.6. The van der Waals surface area contributed by atoms with Crippen LogP contribution in [0.25, 0.3) is 11.1 Å². The normalized spacial score (nSPS) is 21.4. The molecule has 0 bridgehead atoms. The predicted molar refractivity (Wildman–Crippen MR) is 102 cm³/mol. The van der Waals surface area contributed by atoms with Gasteiger partial charge in [0.25, 0.3) is 0 Å². The molecular formula is C21H26O3S. The summed E-state index contributed by atoms with van der Waals surface area (Å²) in [5, 5.41) is -0.337. The van der Waals surface area contributed by atoms with Crippen LogP contribution in [0.2, 0.25) is 0 Å².